The van der Waals surface area contributed by atoms with Gasteiger partial charge in [0, 0.05) is 19.2 Å². The van der Waals surface area contributed by atoms with Gasteiger partial charge in [-0.1, -0.05) is 0 Å². The summed E-state index contributed by atoms with van der Waals surface area (Å²) in [6, 6.07) is 0.628. The number of hydrogen-bond acceptors (Lipinski definition) is 6. The normalized spacial score (nSPS) is 21.0. The van der Waals surface area contributed by atoms with Gasteiger partial charge in [0.15, 0.2) is 5.82 Å². The number of thiazole rings is 1. The molecule has 0 radical (unpaired) electrons. The molecule has 2 aromatic heterocycles. The Balaban J connectivity index is 1.73. The van der Waals surface area contributed by atoms with E-state index in [1.807, 2.05) is 12.4 Å². The second-order valence-electron chi connectivity index (χ2n) is 6.35. The van der Waals surface area contributed by atoms with Crippen LogP contribution in [0.2, 0.25) is 0 Å². The molecule has 2 fully saturated rings. The number of nitrogens with zero attached hydrogens (tertiary/aromatic N) is 5. The number of hydrogen-bond donors (Lipinski definition) is 0. The van der Waals surface area contributed by atoms with Gasteiger partial charge in [-0.2, -0.15) is 0 Å². The van der Waals surface area contributed by atoms with Crippen molar-refractivity contribution in [2.24, 2.45) is 0 Å². The van der Waals surface area contributed by atoms with E-state index in [0.717, 1.165) is 54.9 Å². The van der Waals surface area contributed by atoms with E-state index in [-0.39, 0.29) is 6.10 Å². The highest BCUT2D eigenvalue weighted by atomic mass is 32.1. The van der Waals surface area contributed by atoms with Gasteiger partial charge in [0.2, 0.25) is 5.95 Å². The lowest BCUT2D eigenvalue weighted by atomic mass is 10.2. The van der Waals surface area contributed by atoms with Crippen molar-refractivity contribution < 1.29 is 4.74 Å². The lowest BCUT2D eigenvalue weighted by Gasteiger charge is -2.23. The van der Waals surface area contributed by atoms with E-state index < -0.39 is 0 Å². The van der Waals surface area contributed by atoms with E-state index in [2.05, 4.69) is 31.6 Å². The molecule has 1 saturated carbocycles. The second kappa shape index (κ2) is 6.20. The molecule has 1 aliphatic heterocycles. The third-order valence-corrected chi connectivity index (χ3v) is 5.60. The molecule has 0 aromatic carbocycles. The van der Waals surface area contributed by atoms with Gasteiger partial charge in [-0.3, -0.25) is 4.57 Å². The molecule has 1 saturated heterocycles. The summed E-state index contributed by atoms with van der Waals surface area (Å²) in [4.78, 5) is 7.89. The van der Waals surface area contributed by atoms with Gasteiger partial charge in [-0.15, -0.1) is 21.5 Å². The van der Waals surface area contributed by atoms with E-state index >= 15 is 0 Å². The summed E-state index contributed by atoms with van der Waals surface area (Å²) < 4.78 is 8.13. The molecule has 0 bridgehead atoms. The summed E-state index contributed by atoms with van der Waals surface area (Å²) in [5.41, 5.74) is 2.91. The molecule has 1 atom stereocenters. The van der Waals surface area contributed by atoms with E-state index in [1.165, 1.54) is 12.8 Å². The molecule has 0 amide bonds. The fraction of sp³-hybridized carbons (Fsp3) is 0.688. The topological polar surface area (TPSA) is 56.1 Å². The van der Waals surface area contributed by atoms with Gasteiger partial charge in [-0.05, 0) is 39.5 Å². The van der Waals surface area contributed by atoms with Crippen molar-refractivity contribution in [2.75, 3.05) is 18.1 Å². The summed E-state index contributed by atoms with van der Waals surface area (Å²) in [5.74, 6) is 1.93. The molecule has 3 heterocycles. The summed E-state index contributed by atoms with van der Waals surface area (Å²) in [6.45, 7) is 6.90. The monoisotopic (exact) mass is 333 g/mol. The number of anilines is 1. The molecule has 1 unspecified atom stereocenters. The Hall–Kier alpha value is -1.47. The first kappa shape index (κ1) is 15.1. The highest BCUT2D eigenvalue weighted by Gasteiger charge is 2.33. The first-order valence-corrected chi connectivity index (χ1v) is 9.37. The smallest absolute Gasteiger partial charge is 0.227 e. The average Bonchev–Trinajstić information content (AvgIpc) is 2.94. The van der Waals surface area contributed by atoms with Crippen molar-refractivity contribution in [3.8, 4) is 10.7 Å². The van der Waals surface area contributed by atoms with Gasteiger partial charge in [-0.25, -0.2) is 4.98 Å². The van der Waals surface area contributed by atoms with E-state index in [0.29, 0.717) is 6.04 Å². The largest absolute Gasteiger partial charge is 0.376 e. The lowest BCUT2D eigenvalue weighted by Crippen LogP contribution is -2.30. The van der Waals surface area contributed by atoms with Crippen molar-refractivity contribution >= 4 is 17.3 Å². The summed E-state index contributed by atoms with van der Waals surface area (Å²) in [7, 11) is 0. The van der Waals surface area contributed by atoms with Gasteiger partial charge in [0.05, 0.1) is 28.7 Å². The van der Waals surface area contributed by atoms with Gasteiger partial charge in [0.25, 0.3) is 0 Å². The molecular formula is C16H23N5OS. The fourth-order valence-corrected chi connectivity index (χ4v) is 4.10. The molecule has 6 nitrogen and oxygen atoms in total. The third kappa shape index (κ3) is 2.87. The maximum atomic E-state index is 5.87. The highest BCUT2D eigenvalue weighted by molar-refractivity contribution is 7.13. The van der Waals surface area contributed by atoms with Gasteiger partial charge in [0.1, 0.15) is 0 Å². The van der Waals surface area contributed by atoms with Crippen LogP contribution in [0.1, 0.15) is 38.3 Å². The van der Waals surface area contributed by atoms with Crippen LogP contribution in [0.25, 0.3) is 10.7 Å². The molecule has 124 valence electrons. The maximum absolute atomic E-state index is 5.87. The maximum Gasteiger partial charge on any atom is 0.227 e. The van der Waals surface area contributed by atoms with Crippen LogP contribution in [0.5, 0.6) is 0 Å². The zero-order chi connectivity index (χ0) is 15.8. The number of rotatable bonds is 6. The minimum absolute atomic E-state index is 0.273. The first-order chi connectivity index (χ1) is 11.3. The number of aryl methyl sites for hydroxylation is 1. The van der Waals surface area contributed by atoms with Crippen LogP contribution in [0.3, 0.4) is 0 Å². The van der Waals surface area contributed by atoms with Crippen LogP contribution in [-0.2, 0) is 11.3 Å². The van der Waals surface area contributed by atoms with E-state index in [9.17, 15) is 0 Å². The van der Waals surface area contributed by atoms with Crippen molar-refractivity contribution in [1.82, 2.24) is 19.7 Å². The Labute approximate surface area is 140 Å². The average molecular weight is 333 g/mol. The van der Waals surface area contributed by atoms with Crippen LogP contribution in [-0.4, -0.2) is 45.0 Å². The quantitative estimate of drug-likeness (QED) is 0.813. The zero-order valence-electron chi connectivity index (χ0n) is 13.7. The molecule has 0 N–H and O–H groups in total. The number of ether oxygens (including phenoxy) is 1. The van der Waals surface area contributed by atoms with Crippen LogP contribution >= 0.6 is 11.3 Å². The molecule has 23 heavy (non-hydrogen) atoms. The summed E-state index contributed by atoms with van der Waals surface area (Å²) in [6.07, 6.45) is 5.06. The first-order valence-electron chi connectivity index (χ1n) is 8.49. The predicted molar refractivity (Wildman–Crippen MR) is 90.9 cm³/mol. The van der Waals surface area contributed by atoms with E-state index in [1.54, 1.807) is 11.3 Å². The lowest BCUT2D eigenvalue weighted by molar-refractivity contribution is 0.0975. The molecule has 1 aliphatic carbocycles. The predicted octanol–water partition coefficient (Wildman–Crippen LogP) is 2.88. The standard InChI is InChI=1S/C16H23N5OS/c1-3-20(12-6-7-12)16-19-18-15(14-11(2)17-10-23-14)21(16)9-13-5-4-8-22-13/h10,12-13H,3-9H2,1-2H3. The zero-order valence-corrected chi connectivity index (χ0v) is 14.6. The SMILES string of the molecule is CCN(c1nnc(-c2scnc2C)n1CC1CCCO1)C1CC1. The van der Waals surface area contributed by atoms with Crippen LogP contribution in [0.4, 0.5) is 5.95 Å². The molecule has 4 rings (SSSR count). The second-order valence-corrected chi connectivity index (χ2v) is 7.21. The Morgan fingerprint density at radius 2 is 2.22 bits per heavy atom. The molecular weight excluding hydrogens is 310 g/mol. The molecule has 0 spiro atoms. The van der Waals surface area contributed by atoms with E-state index in [4.69, 9.17) is 4.74 Å². The summed E-state index contributed by atoms with van der Waals surface area (Å²) >= 11 is 1.64. The Bertz CT molecular complexity index is 672. The molecule has 2 aliphatic rings. The van der Waals surface area contributed by atoms with Gasteiger partial charge >= 0.3 is 0 Å². The molecule has 7 heteroatoms. The Morgan fingerprint density at radius 1 is 1.35 bits per heavy atom. The molecule has 2 aromatic rings. The van der Waals surface area contributed by atoms with Crippen LogP contribution < -0.4 is 4.90 Å². The highest BCUT2D eigenvalue weighted by Crippen LogP contribution is 2.34. The van der Waals surface area contributed by atoms with Crippen molar-refractivity contribution in [3.63, 3.8) is 0 Å². The minimum atomic E-state index is 0.273. The number of aromatic nitrogens is 4. The van der Waals surface area contributed by atoms with Crippen molar-refractivity contribution in [1.29, 1.82) is 0 Å². The Morgan fingerprint density at radius 3 is 2.83 bits per heavy atom. The fourth-order valence-electron chi connectivity index (χ4n) is 3.30. The van der Waals surface area contributed by atoms with Crippen LogP contribution in [0, 0.1) is 6.92 Å². The Kier molecular flexibility index (Phi) is 4.07. The third-order valence-electron chi connectivity index (χ3n) is 4.68. The van der Waals surface area contributed by atoms with Crippen LogP contribution in [0.15, 0.2) is 5.51 Å². The van der Waals surface area contributed by atoms with Crippen molar-refractivity contribution in [2.45, 2.75) is 58.2 Å². The van der Waals surface area contributed by atoms with Crippen molar-refractivity contribution in [3.05, 3.63) is 11.2 Å². The minimum Gasteiger partial charge on any atom is -0.376 e. The summed E-state index contributed by atoms with van der Waals surface area (Å²) in [5, 5.41) is 9.08. The van der Waals surface area contributed by atoms with Gasteiger partial charge < -0.3 is 9.64 Å².